The first kappa shape index (κ1) is 14.2. The fourth-order valence-electron chi connectivity index (χ4n) is 2.94. The van der Waals surface area contributed by atoms with Crippen LogP contribution in [0.25, 0.3) is 17.0 Å². The van der Waals surface area contributed by atoms with E-state index in [1.165, 1.54) is 0 Å². The van der Waals surface area contributed by atoms with Gasteiger partial charge in [0.25, 0.3) is 0 Å². The van der Waals surface area contributed by atoms with E-state index in [1.807, 2.05) is 36.5 Å². The fraction of sp³-hybridized carbons (Fsp3) is 0.294. The van der Waals surface area contributed by atoms with Gasteiger partial charge >= 0.3 is 0 Å². The van der Waals surface area contributed by atoms with E-state index in [-0.39, 0.29) is 0 Å². The van der Waals surface area contributed by atoms with Gasteiger partial charge < -0.3 is 10.5 Å². The maximum absolute atomic E-state index is 5.98. The van der Waals surface area contributed by atoms with Gasteiger partial charge in [0.1, 0.15) is 11.3 Å². The Labute approximate surface area is 134 Å². The summed E-state index contributed by atoms with van der Waals surface area (Å²) in [6.45, 7) is 4.21. The second-order valence-electron chi connectivity index (χ2n) is 5.70. The standard InChI is InChI=1S/C17H19N5O/c18-13-4-5-16-20-17(14-3-1-2-6-19-14)15(22(16)11-13)12-21-7-9-23-10-8-21/h1-6,11H,7-10,12,18H2. The SMILES string of the molecule is Nc1ccc2nc(-c3ccccn3)c(CN3CCOCC3)n2c1. The molecule has 0 aromatic carbocycles. The molecule has 1 aliphatic heterocycles. The highest BCUT2D eigenvalue weighted by Crippen LogP contribution is 2.25. The number of morpholine rings is 1. The summed E-state index contributed by atoms with van der Waals surface area (Å²) in [5.74, 6) is 0. The van der Waals surface area contributed by atoms with Gasteiger partial charge in [-0.25, -0.2) is 4.98 Å². The molecule has 0 spiro atoms. The lowest BCUT2D eigenvalue weighted by Crippen LogP contribution is -2.36. The summed E-state index contributed by atoms with van der Waals surface area (Å²) in [4.78, 5) is 11.6. The molecule has 0 radical (unpaired) electrons. The van der Waals surface area contributed by atoms with Crippen LogP contribution in [0.4, 0.5) is 5.69 Å². The minimum absolute atomic E-state index is 0.727. The van der Waals surface area contributed by atoms with Crippen molar-refractivity contribution >= 4 is 11.3 Å². The van der Waals surface area contributed by atoms with Crippen LogP contribution in [0, 0.1) is 0 Å². The van der Waals surface area contributed by atoms with E-state index in [1.54, 1.807) is 6.20 Å². The van der Waals surface area contributed by atoms with Gasteiger partial charge in [-0.1, -0.05) is 6.07 Å². The third-order valence-electron chi connectivity index (χ3n) is 4.12. The summed E-state index contributed by atoms with van der Waals surface area (Å²) in [6.07, 6.45) is 3.73. The Bertz CT molecular complexity index is 808. The molecule has 4 rings (SSSR count). The number of anilines is 1. The van der Waals surface area contributed by atoms with E-state index in [9.17, 15) is 0 Å². The van der Waals surface area contributed by atoms with E-state index in [0.29, 0.717) is 0 Å². The molecular weight excluding hydrogens is 290 g/mol. The van der Waals surface area contributed by atoms with Crippen molar-refractivity contribution in [3.8, 4) is 11.4 Å². The molecule has 0 amide bonds. The molecule has 1 saturated heterocycles. The number of imidazole rings is 1. The zero-order valence-electron chi connectivity index (χ0n) is 12.9. The number of aromatic nitrogens is 3. The van der Waals surface area contributed by atoms with Gasteiger partial charge in [-0.05, 0) is 24.3 Å². The van der Waals surface area contributed by atoms with Crippen molar-refractivity contribution in [3.05, 3.63) is 48.4 Å². The number of pyridine rings is 2. The smallest absolute Gasteiger partial charge is 0.137 e. The molecule has 3 aromatic rings. The molecule has 23 heavy (non-hydrogen) atoms. The molecule has 6 nitrogen and oxygen atoms in total. The lowest BCUT2D eigenvalue weighted by molar-refractivity contribution is 0.0336. The van der Waals surface area contributed by atoms with Crippen molar-refractivity contribution < 1.29 is 4.74 Å². The first-order chi connectivity index (χ1) is 11.3. The fourth-order valence-corrected chi connectivity index (χ4v) is 2.94. The Morgan fingerprint density at radius 2 is 2.00 bits per heavy atom. The van der Waals surface area contributed by atoms with Crippen LogP contribution in [0.5, 0.6) is 0 Å². The van der Waals surface area contributed by atoms with Gasteiger partial charge in [0, 0.05) is 37.7 Å². The third-order valence-corrected chi connectivity index (χ3v) is 4.12. The van der Waals surface area contributed by atoms with Crippen LogP contribution in [0.2, 0.25) is 0 Å². The predicted octanol–water partition coefficient (Wildman–Crippen LogP) is 1.81. The van der Waals surface area contributed by atoms with E-state index in [4.69, 9.17) is 15.5 Å². The molecule has 0 saturated carbocycles. The second-order valence-corrected chi connectivity index (χ2v) is 5.70. The lowest BCUT2D eigenvalue weighted by Gasteiger charge is -2.26. The van der Waals surface area contributed by atoms with Gasteiger partial charge in [0.2, 0.25) is 0 Å². The molecule has 4 heterocycles. The number of rotatable bonds is 3. The topological polar surface area (TPSA) is 68.7 Å². The molecule has 0 aliphatic carbocycles. The van der Waals surface area contributed by atoms with Gasteiger partial charge in [0.15, 0.2) is 0 Å². The van der Waals surface area contributed by atoms with Crippen LogP contribution in [-0.2, 0) is 11.3 Å². The number of nitrogens with zero attached hydrogens (tertiary/aromatic N) is 4. The molecule has 0 atom stereocenters. The Morgan fingerprint density at radius 3 is 2.78 bits per heavy atom. The second kappa shape index (κ2) is 5.98. The molecular formula is C17H19N5O. The van der Waals surface area contributed by atoms with Crippen molar-refractivity contribution in [1.82, 2.24) is 19.3 Å². The molecule has 118 valence electrons. The minimum Gasteiger partial charge on any atom is -0.398 e. The van der Waals surface area contributed by atoms with E-state index < -0.39 is 0 Å². The van der Waals surface area contributed by atoms with Crippen LogP contribution in [-0.4, -0.2) is 45.6 Å². The molecule has 6 heteroatoms. The molecule has 1 aliphatic rings. The normalized spacial score (nSPS) is 16.0. The van der Waals surface area contributed by atoms with Crippen molar-refractivity contribution in [1.29, 1.82) is 0 Å². The van der Waals surface area contributed by atoms with E-state index in [0.717, 1.165) is 61.3 Å². The van der Waals surface area contributed by atoms with Crippen molar-refractivity contribution in [2.45, 2.75) is 6.54 Å². The number of nitrogen functional groups attached to an aromatic ring is 1. The number of hydrogen-bond acceptors (Lipinski definition) is 5. The highest BCUT2D eigenvalue weighted by molar-refractivity contribution is 5.64. The van der Waals surface area contributed by atoms with Crippen LogP contribution in [0.15, 0.2) is 42.7 Å². The van der Waals surface area contributed by atoms with Gasteiger partial charge in [-0.3, -0.25) is 14.3 Å². The van der Waals surface area contributed by atoms with Crippen LogP contribution in [0.1, 0.15) is 5.69 Å². The molecule has 3 aromatic heterocycles. The summed E-state index contributed by atoms with van der Waals surface area (Å²) < 4.78 is 7.52. The van der Waals surface area contributed by atoms with E-state index >= 15 is 0 Å². The maximum Gasteiger partial charge on any atom is 0.137 e. The summed E-state index contributed by atoms with van der Waals surface area (Å²) in [7, 11) is 0. The summed E-state index contributed by atoms with van der Waals surface area (Å²) in [6, 6.07) is 9.72. The molecule has 1 fully saturated rings. The first-order valence-electron chi connectivity index (χ1n) is 7.79. The average Bonchev–Trinajstić information content (AvgIpc) is 2.95. The number of hydrogen-bond donors (Lipinski definition) is 1. The lowest BCUT2D eigenvalue weighted by atomic mass is 10.2. The van der Waals surface area contributed by atoms with Gasteiger partial charge in [0.05, 0.1) is 24.6 Å². The minimum atomic E-state index is 0.727. The first-order valence-corrected chi connectivity index (χ1v) is 7.79. The van der Waals surface area contributed by atoms with Crippen molar-refractivity contribution in [2.75, 3.05) is 32.0 Å². The quantitative estimate of drug-likeness (QED) is 0.799. The number of fused-ring (bicyclic) bond motifs is 1. The van der Waals surface area contributed by atoms with Gasteiger partial charge in [-0.2, -0.15) is 0 Å². The highest BCUT2D eigenvalue weighted by atomic mass is 16.5. The zero-order valence-corrected chi connectivity index (χ0v) is 12.9. The zero-order chi connectivity index (χ0) is 15.6. The van der Waals surface area contributed by atoms with E-state index in [2.05, 4.69) is 14.3 Å². The third kappa shape index (κ3) is 2.78. The Kier molecular flexibility index (Phi) is 3.69. The van der Waals surface area contributed by atoms with Crippen LogP contribution >= 0.6 is 0 Å². The Hall–Kier alpha value is -2.44. The summed E-state index contributed by atoms with van der Waals surface area (Å²) >= 11 is 0. The van der Waals surface area contributed by atoms with Crippen LogP contribution in [0.3, 0.4) is 0 Å². The van der Waals surface area contributed by atoms with Crippen molar-refractivity contribution in [3.63, 3.8) is 0 Å². The average molecular weight is 309 g/mol. The molecule has 0 unspecified atom stereocenters. The summed E-state index contributed by atoms with van der Waals surface area (Å²) in [5, 5.41) is 0. The largest absolute Gasteiger partial charge is 0.398 e. The number of ether oxygens (including phenoxy) is 1. The van der Waals surface area contributed by atoms with Gasteiger partial charge in [-0.15, -0.1) is 0 Å². The number of nitrogens with two attached hydrogens (primary N) is 1. The summed E-state index contributed by atoms with van der Waals surface area (Å²) in [5.41, 5.74) is 10.5. The van der Waals surface area contributed by atoms with Crippen LogP contribution < -0.4 is 5.73 Å². The maximum atomic E-state index is 5.98. The predicted molar refractivity (Wildman–Crippen MR) is 88.9 cm³/mol. The molecule has 2 N–H and O–H groups in total. The Balaban J connectivity index is 1.82. The van der Waals surface area contributed by atoms with Crippen molar-refractivity contribution in [2.24, 2.45) is 0 Å². The Morgan fingerprint density at radius 1 is 1.13 bits per heavy atom. The monoisotopic (exact) mass is 309 g/mol. The molecule has 0 bridgehead atoms. The highest BCUT2D eigenvalue weighted by Gasteiger charge is 2.19.